The van der Waals surface area contributed by atoms with Crippen LogP contribution in [0, 0.1) is 0 Å². The second-order valence-electron chi connectivity index (χ2n) is 4.42. The predicted octanol–water partition coefficient (Wildman–Crippen LogP) is 1.73. The first-order chi connectivity index (χ1) is 7.17. The normalized spacial score (nSPS) is 13.1. The smallest absolute Gasteiger partial charge is 0.294 e. The van der Waals surface area contributed by atoms with Gasteiger partial charge in [0.05, 0.1) is 4.90 Å². The van der Waals surface area contributed by atoms with Crippen molar-refractivity contribution in [2.75, 3.05) is 14.1 Å². The molecule has 1 aromatic rings. The maximum absolute atomic E-state index is 11.3. The summed E-state index contributed by atoms with van der Waals surface area (Å²) in [7, 11) is -0.453. The van der Waals surface area contributed by atoms with Crippen LogP contribution in [0.3, 0.4) is 0 Å². The van der Waals surface area contributed by atoms with Crippen molar-refractivity contribution in [2.45, 2.75) is 24.3 Å². The van der Waals surface area contributed by atoms with Crippen LogP contribution in [-0.4, -0.2) is 32.0 Å². The van der Waals surface area contributed by atoms with E-state index in [2.05, 4.69) is 0 Å². The van der Waals surface area contributed by atoms with Crippen molar-refractivity contribution in [2.24, 2.45) is 0 Å². The molecule has 0 fully saturated rings. The minimum atomic E-state index is -4.18. The maximum atomic E-state index is 11.3. The van der Waals surface area contributed by atoms with Crippen LogP contribution >= 0.6 is 0 Å². The fourth-order valence-corrected chi connectivity index (χ4v) is 2.28. The summed E-state index contributed by atoms with van der Waals surface area (Å²) in [5.74, 6) is 0. The molecule has 0 unspecified atom stereocenters. The zero-order valence-electron chi connectivity index (χ0n) is 9.93. The van der Waals surface area contributed by atoms with Crippen molar-refractivity contribution in [3.63, 3.8) is 0 Å². The van der Waals surface area contributed by atoms with E-state index in [1.54, 1.807) is 18.2 Å². The summed E-state index contributed by atoms with van der Waals surface area (Å²) < 4.78 is 31.7. The molecular weight excluding hydrogens is 226 g/mol. The van der Waals surface area contributed by atoms with Crippen molar-refractivity contribution in [1.29, 1.82) is 0 Å². The highest BCUT2D eigenvalue weighted by atomic mass is 32.2. The van der Waals surface area contributed by atoms with Gasteiger partial charge >= 0.3 is 0 Å². The Morgan fingerprint density at radius 2 is 1.69 bits per heavy atom. The third-order valence-electron chi connectivity index (χ3n) is 2.94. The van der Waals surface area contributed by atoms with Gasteiger partial charge in [-0.25, -0.2) is 0 Å². The first kappa shape index (κ1) is 13.2. The van der Waals surface area contributed by atoms with Crippen molar-refractivity contribution >= 4 is 10.1 Å². The summed E-state index contributed by atoms with van der Waals surface area (Å²) in [5.41, 5.74) is 0.120. The van der Waals surface area contributed by atoms with Crippen LogP contribution in [0.1, 0.15) is 19.4 Å². The molecule has 16 heavy (non-hydrogen) atoms. The highest BCUT2D eigenvalue weighted by molar-refractivity contribution is 7.85. The van der Waals surface area contributed by atoms with Crippen molar-refractivity contribution in [3.05, 3.63) is 29.8 Å². The molecule has 0 atom stereocenters. The van der Waals surface area contributed by atoms with Crippen LogP contribution < -0.4 is 0 Å². The fraction of sp³-hybridized carbons (Fsp3) is 0.455. The topological polar surface area (TPSA) is 57.6 Å². The standard InChI is InChI=1S/C11H17NO3S/c1-11(2,12(3)4)9-7-5-6-8-10(9)16(13,14)15/h5-8H,1-4H3,(H,13,14,15). The third-order valence-corrected chi connectivity index (χ3v) is 3.85. The van der Waals surface area contributed by atoms with Crippen LogP contribution in [0.5, 0.6) is 0 Å². The molecule has 0 aliphatic heterocycles. The Morgan fingerprint density at radius 1 is 1.19 bits per heavy atom. The van der Waals surface area contributed by atoms with E-state index in [1.807, 2.05) is 32.8 Å². The van der Waals surface area contributed by atoms with E-state index in [1.165, 1.54) is 6.07 Å². The highest BCUT2D eigenvalue weighted by Crippen LogP contribution is 2.30. The van der Waals surface area contributed by atoms with Gasteiger partial charge in [-0.05, 0) is 39.6 Å². The Morgan fingerprint density at radius 3 is 2.12 bits per heavy atom. The largest absolute Gasteiger partial charge is 0.300 e. The number of rotatable bonds is 3. The second-order valence-corrected chi connectivity index (χ2v) is 5.81. The number of hydrogen-bond donors (Lipinski definition) is 1. The van der Waals surface area contributed by atoms with Crippen molar-refractivity contribution in [1.82, 2.24) is 4.90 Å². The van der Waals surface area contributed by atoms with Crippen molar-refractivity contribution in [3.8, 4) is 0 Å². The van der Waals surface area contributed by atoms with Gasteiger partial charge < -0.3 is 4.90 Å². The molecule has 1 aromatic carbocycles. The Labute approximate surface area is 96.6 Å². The Hall–Kier alpha value is -0.910. The van der Waals surface area contributed by atoms with Crippen LogP contribution in [0.2, 0.25) is 0 Å². The molecule has 90 valence electrons. The van der Waals surface area contributed by atoms with E-state index in [4.69, 9.17) is 4.55 Å². The molecule has 1 N–H and O–H groups in total. The zero-order chi connectivity index (χ0) is 12.6. The molecule has 5 heteroatoms. The van der Waals surface area contributed by atoms with Crippen LogP contribution in [-0.2, 0) is 15.7 Å². The molecule has 4 nitrogen and oxygen atoms in total. The van der Waals surface area contributed by atoms with Crippen molar-refractivity contribution < 1.29 is 13.0 Å². The number of hydrogen-bond acceptors (Lipinski definition) is 3. The Bertz CT molecular complexity index is 478. The van der Waals surface area contributed by atoms with Gasteiger partial charge in [0.2, 0.25) is 0 Å². The molecule has 0 heterocycles. The zero-order valence-corrected chi connectivity index (χ0v) is 10.7. The molecule has 0 radical (unpaired) electrons. The highest BCUT2D eigenvalue weighted by Gasteiger charge is 2.29. The first-order valence-corrected chi connectivity index (χ1v) is 6.36. The maximum Gasteiger partial charge on any atom is 0.294 e. The van der Waals surface area contributed by atoms with Crippen LogP contribution in [0.25, 0.3) is 0 Å². The van der Waals surface area contributed by atoms with Gasteiger partial charge in [0.25, 0.3) is 10.1 Å². The molecule has 0 saturated heterocycles. The summed E-state index contributed by atoms with van der Waals surface area (Å²) >= 11 is 0. The summed E-state index contributed by atoms with van der Waals surface area (Å²) in [4.78, 5) is 1.87. The monoisotopic (exact) mass is 243 g/mol. The molecule has 0 aromatic heterocycles. The van der Waals surface area contributed by atoms with Crippen LogP contribution in [0.4, 0.5) is 0 Å². The second kappa shape index (κ2) is 4.16. The Balaban J connectivity index is 3.47. The lowest BCUT2D eigenvalue weighted by Crippen LogP contribution is -2.36. The van der Waals surface area contributed by atoms with E-state index < -0.39 is 15.7 Å². The molecule has 1 rings (SSSR count). The molecule has 0 bridgehead atoms. The van der Waals surface area contributed by atoms with Gasteiger partial charge in [0, 0.05) is 5.54 Å². The minimum absolute atomic E-state index is 0.0336. The van der Waals surface area contributed by atoms with Gasteiger partial charge in [-0.2, -0.15) is 8.42 Å². The summed E-state index contributed by atoms with van der Waals surface area (Å²) in [6.45, 7) is 3.80. The molecule has 0 spiro atoms. The van der Waals surface area contributed by atoms with E-state index in [0.29, 0.717) is 5.56 Å². The minimum Gasteiger partial charge on any atom is -0.300 e. The molecule has 0 aliphatic rings. The van der Waals surface area contributed by atoms with Gasteiger partial charge in [0.15, 0.2) is 0 Å². The average molecular weight is 243 g/mol. The van der Waals surface area contributed by atoms with E-state index in [9.17, 15) is 8.42 Å². The average Bonchev–Trinajstić information content (AvgIpc) is 2.16. The fourth-order valence-electron chi connectivity index (χ4n) is 1.44. The third kappa shape index (κ3) is 2.42. The van der Waals surface area contributed by atoms with E-state index in [0.717, 1.165) is 0 Å². The van der Waals surface area contributed by atoms with Gasteiger partial charge in [-0.1, -0.05) is 18.2 Å². The van der Waals surface area contributed by atoms with E-state index in [-0.39, 0.29) is 4.90 Å². The Kier molecular flexibility index (Phi) is 3.42. The molecular formula is C11H17NO3S. The lowest BCUT2D eigenvalue weighted by atomic mass is 9.93. The predicted molar refractivity (Wildman–Crippen MR) is 63.0 cm³/mol. The lowest BCUT2D eigenvalue weighted by molar-refractivity contribution is 0.193. The lowest BCUT2D eigenvalue weighted by Gasteiger charge is -2.34. The summed E-state index contributed by atoms with van der Waals surface area (Å²) in [6.07, 6.45) is 0. The molecule has 0 saturated carbocycles. The SMILES string of the molecule is CN(C)C(C)(C)c1ccccc1S(=O)(=O)O. The molecule has 0 aliphatic carbocycles. The summed E-state index contributed by atoms with van der Waals surface area (Å²) in [5, 5.41) is 0. The molecule has 0 amide bonds. The van der Waals surface area contributed by atoms with Crippen LogP contribution in [0.15, 0.2) is 29.2 Å². The van der Waals surface area contributed by atoms with Gasteiger partial charge in [-0.15, -0.1) is 0 Å². The summed E-state index contributed by atoms with van der Waals surface area (Å²) in [6, 6.07) is 6.48. The first-order valence-electron chi connectivity index (χ1n) is 4.92. The van der Waals surface area contributed by atoms with Gasteiger partial charge in [-0.3, -0.25) is 4.55 Å². The van der Waals surface area contributed by atoms with Gasteiger partial charge in [0.1, 0.15) is 0 Å². The number of benzene rings is 1. The number of nitrogens with zero attached hydrogens (tertiary/aromatic N) is 1. The quantitative estimate of drug-likeness (QED) is 0.821. The van der Waals surface area contributed by atoms with E-state index >= 15 is 0 Å².